The van der Waals surface area contributed by atoms with E-state index in [9.17, 15) is 9.18 Å². The molecule has 1 amide bonds. The number of nitrogens with one attached hydrogen (secondary N) is 1. The molecule has 1 rings (SSSR count). The molecular weight excluding hydrogens is 335 g/mol. The van der Waals surface area contributed by atoms with Gasteiger partial charge in [0.2, 0.25) is 5.91 Å². The zero-order valence-electron chi connectivity index (χ0n) is 11.1. The summed E-state index contributed by atoms with van der Waals surface area (Å²) < 4.78 is 14.4. The van der Waals surface area contributed by atoms with Crippen molar-refractivity contribution >= 4 is 34.2 Å². The molecule has 0 aliphatic carbocycles. The Balaban J connectivity index is 0.00000324. The van der Waals surface area contributed by atoms with Gasteiger partial charge in [-0.05, 0) is 32.2 Å². The van der Waals surface area contributed by atoms with E-state index in [0.717, 1.165) is 4.47 Å². The summed E-state index contributed by atoms with van der Waals surface area (Å²) in [5, 5.41) is 2.93. The van der Waals surface area contributed by atoms with Gasteiger partial charge in [-0.1, -0.05) is 15.9 Å². The maximum absolute atomic E-state index is 13.6. The topological polar surface area (TPSA) is 32.3 Å². The van der Waals surface area contributed by atoms with Crippen LogP contribution in [0.2, 0.25) is 0 Å². The van der Waals surface area contributed by atoms with Crippen LogP contribution in [-0.4, -0.2) is 30.9 Å². The molecule has 0 radical (unpaired) electrons. The average molecular weight is 354 g/mol. The summed E-state index contributed by atoms with van der Waals surface area (Å²) in [7, 11) is 1.80. The van der Waals surface area contributed by atoms with E-state index in [1.165, 1.54) is 6.07 Å². The number of amides is 1. The summed E-state index contributed by atoms with van der Waals surface area (Å²) in [4.78, 5) is 13.5. The molecule has 0 aromatic heterocycles. The molecule has 1 N–H and O–H groups in total. The Morgan fingerprint density at radius 3 is 2.74 bits per heavy atom. The van der Waals surface area contributed by atoms with Gasteiger partial charge < -0.3 is 10.2 Å². The van der Waals surface area contributed by atoms with E-state index >= 15 is 0 Å². The number of halogens is 3. The molecule has 0 aliphatic heterocycles. The van der Waals surface area contributed by atoms with Crippen LogP contribution in [0.25, 0.3) is 0 Å². The number of benzene rings is 1. The van der Waals surface area contributed by atoms with Crippen molar-refractivity contribution in [1.29, 1.82) is 0 Å². The summed E-state index contributed by atoms with van der Waals surface area (Å²) in [5.41, 5.74) is 0.532. The van der Waals surface area contributed by atoms with Gasteiger partial charge in [0.1, 0.15) is 5.82 Å². The molecule has 1 aromatic carbocycles. The van der Waals surface area contributed by atoms with Gasteiger partial charge in [0.05, 0.1) is 0 Å². The maximum atomic E-state index is 13.6. The van der Waals surface area contributed by atoms with Gasteiger partial charge in [-0.25, -0.2) is 4.39 Å². The van der Waals surface area contributed by atoms with E-state index in [0.29, 0.717) is 31.6 Å². The summed E-state index contributed by atoms with van der Waals surface area (Å²) >= 11 is 3.31. The van der Waals surface area contributed by atoms with Crippen LogP contribution in [0.4, 0.5) is 4.39 Å². The lowest BCUT2D eigenvalue weighted by atomic mass is 10.2. The number of carbonyl (C=O) groups is 1. The van der Waals surface area contributed by atoms with Crippen molar-refractivity contribution < 1.29 is 9.18 Å². The Labute approximate surface area is 128 Å². The lowest BCUT2D eigenvalue weighted by Crippen LogP contribution is -2.32. The van der Waals surface area contributed by atoms with Gasteiger partial charge in [0.25, 0.3) is 0 Å². The lowest BCUT2D eigenvalue weighted by Gasteiger charge is -2.21. The highest BCUT2D eigenvalue weighted by Crippen LogP contribution is 2.17. The molecule has 0 saturated heterocycles. The molecule has 0 unspecified atom stereocenters. The minimum Gasteiger partial charge on any atom is -0.338 e. The first kappa shape index (κ1) is 18.4. The molecule has 0 bridgehead atoms. The molecule has 6 heteroatoms. The average Bonchev–Trinajstić information content (AvgIpc) is 2.36. The van der Waals surface area contributed by atoms with Crippen LogP contribution < -0.4 is 5.32 Å². The highest BCUT2D eigenvalue weighted by molar-refractivity contribution is 9.10. The number of hydrogen-bond acceptors (Lipinski definition) is 2. The first-order valence-electron chi connectivity index (χ1n) is 5.94. The molecule has 0 spiro atoms. The second-order valence-electron chi connectivity index (χ2n) is 4.00. The zero-order valence-corrected chi connectivity index (χ0v) is 13.5. The van der Waals surface area contributed by atoms with E-state index in [-0.39, 0.29) is 24.1 Å². The van der Waals surface area contributed by atoms with Gasteiger partial charge in [-0.15, -0.1) is 12.4 Å². The highest BCUT2D eigenvalue weighted by Gasteiger charge is 2.13. The first-order chi connectivity index (χ1) is 8.58. The second-order valence-corrected chi connectivity index (χ2v) is 4.91. The van der Waals surface area contributed by atoms with Gasteiger partial charge >= 0.3 is 0 Å². The van der Waals surface area contributed by atoms with Crippen LogP contribution in [-0.2, 0) is 11.3 Å². The molecule has 0 fully saturated rings. The standard InChI is InChI=1S/C13H18BrFN2O.ClH/c1-3-17(13(18)6-7-16-2)9-10-8-11(14)4-5-12(10)15;/h4-5,8,16H,3,6-7,9H2,1-2H3;1H. The van der Waals surface area contributed by atoms with Crippen molar-refractivity contribution in [3.8, 4) is 0 Å². The number of carbonyl (C=O) groups excluding carboxylic acids is 1. The fourth-order valence-corrected chi connectivity index (χ4v) is 2.04. The Bertz CT molecular complexity index is 418. The van der Waals surface area contributed by atoms with E-state index in [1.54, 1.807) is 24.1 Å². The Hall–Kier alpha value is -0.650. The van der Waals surface area contributed by atoms with Crippen LogP contribution in [0.15, 0.2) is 22.7 Å². The number of rotatable bonds is 6. The van der Waals surface area contributed by atoms with Crippen LogP contribution >= 0.6 is 28.3 Å². The first-order valence-corrected chi connectivity index (χ1v) is 6.74. The van der Waals surface area contributed by atoms with Crippen molar-refractivity contribution in [3.63, 3.8) is 0 Å². The Morgan fingerprint density at radius 1 is 1.47 bits per heavy atom. The summed E-state index contributed by atoms with van der Waals surface area (Å²) in [5.74, 6) is -0.246. The number of nitrogens with zero attached hydrogens (tertiary/aromatic N) is 1. The fraction of sp³-hybridized carbons (Fsp3) is 0.462. The predicted molar refractivity (Wildman–Crippen MR) is 81.0 cm³/mol. The summed E-state index contributed by atoms with van der Waals surface area (Å²) in [6.07, 6.45) is 0.431. The van der Waals surface area contributed by atoms with Crippen molar-refractivity contribution in [2.24, 2.45) is 0 Å². The summed E-state index contributed by atoms with van der Waals surface area (Å²) in [6, 6.07) is 4.77. The zero-order chi connectivity index (χ0) is 13.5. The molecule has 0 saturated carbocycles. The van der Waals surface area contributed by atoms with Crippen molar-refractivity contribution in [1.82, 2.24) is 10.2 Å². The van der Waals surface area contributed by atoms with Gasteiger partial charge in [0.15, 0.2) is 0 Å². The molecule has 3 nitrogen and oxygen atoms in total. The normalized spacial score (nSPS) is 9.89. The third-order valence-electron chi connectivity index (χ3n) is 2.69. The SMILES string of the molecule is CCN(Cc1cc(Br)ccc1F)C(=O)CCNC.Cl. The molecule has 19 heavy (non-hydrogen) atoms. The molecule has 108 valence electrons. The monoisotopic (exact) mass is 352 g/mol. The minimum absolute atomic E-state index is 0. The van der Waals surface area contributed by atoms with Crippen LogP contribution in [0.5, 0.6) is 0 Å². The molecule has 0 aliphatic rings. The third-order valence-corrected chi connectivity index (χ3v) is 3.19. The van der Waals surface area contributed by atoms with Gasteiger partial charge in [-0.2, -0.15) is 0 Å². The lowest BCUT2D eigenvalue weighted by molar-refractivity contribution is -0.131. The second kappa shape index (κ2) is 9.28. The van der Waals surface area contributed by atoms with Crippen LogP contribution in [0, 0.1) is 5.82 Å². The van der Waals surface area contributed by atoms with Gasteiger partial charge in [-0.3, -0.25) is 4.79 Å². The molecule has 0 atom stereocenters. The van der Waals surface area contributed by atoms with Gasteiger partial charge in [0, 0.05) is 36.1 Å². The molecule has 0 heterocycles. The van der Waals surface area contributed by atoms with Crippen LogP contribution in [0.1, 0.15) is 18.9 Å². The molecular formula is C13H19BrClFN2O. The predicted octanol–water partition coefficient (Wildman–Crippen LogP) is 2.97. The smallest absolute Gasteiger partial charge is 0.224 e. The van der Waals surface area contributed by atoms with Crippen molar-refractivity contribution in [3.05, 3.63) is 34.1 Å². The van der Waals surface area contributed by atoms with Crippen molar-refractivity contribution in [2.75, 3.05) is 20.1 Å². The van der Waals surface area contributed by atoms with E-state index < -0.39 is 0 Å². The number of hydrogen-bond donors (Lipinski definition) is 1. The quantitative estimate of drug-likeness (QED) is 0.853. The fourth-order valence-electron chi connectivity index (χ4n) is 1.64. The van der Waals surface area contributed by atoms with E-state index in [1.807, 2.05) is 6.92 Å². The van der Waals surface area contributed by atoms with Crippen molar-refractivity contribution in [2.45, 2.75) is 19.9 Å². The third kappa shape index (κ3) is 5.89. The minimum atomic E-state index is -0.280. The molecule has 1 aromatic rings. The Kier molecular flexibility index (Phi) is 8.97. The largest absolute Gasteiger partial charge is 0.338 e. The van der Waals surface area contributed by atoms with E-state index in [4.69, 9.17) is 0 Å². The Morgan fingerprint density at radius 2 is 2.16 bits per heavy atom. The highest BCUT2D eigenvalue weighted by atomic mass is 79.9. The van der Waals surface area contributed by atoms with E-state index in [2.05, 4.69) is 21.2 Å². The van der Waals surface area contributed by atoms with Crippen LogP contribution in [0.3, 0.4) is 0 Å². The maximum Gasteiger partial charge on any atom is 0.224 e. The summed E-state index contributed by atoms with van der Waals surface area (Å²) in [6.45, 7) is 3.42.